The Labute approximate surface area is 421 Å². The molecule has 5 fully saturated rings. The number of benzene rings is 3. The van der Waals surface area contributed by atoms with E-state index in [0.717, 1.165) is 16.7 Å². The van der Waals surface area contributed by atoms with Crippen LogP contribution in [0.15, 0.2) is 91.0 Å². The van der Waals surface area contributed by atoms with Crippen LogP contribution in [0.5, 0.6) is 0 Å². The standard InChI is InChI=1S/C21H25F2NO.C13H14F2O2.C8H14F2O2.C6H11F2NO.C6H8F2O/c1-16(18-10-6-3-7-11-18)24-19-12-13-21(22,23)14-20(19)25-15-17-8-4-2-5-9-17;14-13(15)7-6-11(16)12(8-13)17-9-10-4-2-1-3-5-10;1-7(12-2)3-4-8(9,10)5-6(7)11;7-6(8)2-1-4(9)5(10)3-6;7-6(8)3-1-5(9)2-4-6/h2-11,16,19-20,24H,12-15H2,1H3;1-5,12H,6-9H2;6,11H,3-5H2,1-2H3;4-5,10H,1-3,9H2;1-4H2/t16-,19-,20+;;;4-,5+;/m0..0./s1. The number of aliphatic hydroxyl groups is 2. The molecule has 9 nitrogen and oxygen atoms in total. The normalized spacial score (nSPS) is 29.2. The zero-order chi connectivity index (χ0) is 54.1. The van der Waals surface area contributed by atoms with E-state index < -0.39 is 84.9 Å². The average molecular weight is 1050 g/mol. The van der Waals surface area contributed by atoms with Crippen molar-refractivity contribution >= 4 is 11.6 Å². The molecule has 5 saturated carbocycles. The number of carbonyl (C=O) groups excluding carboxylic acids is 2. The Morgan fingerprint density at radius 1 is 0.603 bits per heavy atom. The van der Waals surface area contributed by atoms with Gasteiger partial charge in [-0.1, -0.05) is 91.0 Å². The molecular formula is C54H72F10N2O7. The lowest BCUT2D eigenvalue weighted by atomic mass is 9.81. The van der Waals surface area contributed by atoms with Crippen LogP contribution in [0.3, 0.4) is 0 Å². The molecule has 3 aromatic carbocycles. The molecule has 3 unspecified atom stereocenters. The lowest BCUT2D eigenvalue weighted by molar-refractivity contribution is -0.175. The van der Waals surface area contributed by atoms with Crippen molar-refractivity contribution in [1.82, 2.24) is 5.32 Å². The second-order valence-corrected chi connectivity index (χ2v) is 20.0. The first-order valence-corrected chi connectivity index (χ1v) is 24.8. The summed E-state index contributed by atoms with van der Waals surface area (Å²) in [4.78, 5) is 21.9. The van der Waals surface area contributed by atoms with Gasteiger partial charge < -0.3 is 35.5 Å². The smallest absolute Gasteiger partial charge is 0.251 e. The van der Waals surface area contributed by atoms with Crippen LogP contribution < -0.4 is 11.1 Å². The van der Waals surface area contributed by atoms with Gasteiger partial charge in [0.25, 0.3) is 23.7 Å². The molecule has 19 heteroatoms. The molecular weight excluding hydrogens is 979 g/mol. The third-order valence-electron chi connectivity index (χ3n) is 13.7. The topological polar surface area (TPSA) is 140 Å². The van der Waals surface area contributed by atoms with Crippen LogP contribution in [0.1, 0.15) is 139 Å². The molecule has 0 saturated heterocycles. The summed E-state index contributed by atoms with van der Waals surface area (Å²) in [7, 11) is 1.44. The lowest BCUT2D eigenvalue weighted by Gasteiger charge is -2.40. The van der Waals surface area contributed by atoms with E-state index in [1.54, 1.807) is 6.92 Å². The molecule has 0 radical (unpaired) electrons. The van der Waals surface area contributed by atoms with Gasteiger partial charge in [0.2, 0.25) is 5.92 Å². The summed E-state index contributed by atoms with van der Waals surface area (Å²) < 4.78 is 145. The molecule has 0 aliphatic heterocycles. The molecule has 0 bridgehead atoms. The van der Waals surface area contributed by atoms with Gasteiger partial charge in [-0.25, -0.2) is 43.9 Å². The molecule has 8 rings (SSSR count). The molecule has 0 spiro atoms. The Morgan fingerprint density at radius 2 is 1.08 bits per heavy atom. The van der Waals surface area contributed by atoms with Gasteiger partial charge in [-0.15, -0.1) is 0 Å². The van der Waals surface area contributed by atoms with Crippen molar-refractivity contribution in [3.05, 3.63) is 108 Å². The Kier molecular flexibility index (Phi) is 23.4. The lowest BCUT2D eigenvalue weighted by Crippen LogP contribution is -2.49. The monoisotopic (exact) mass is 1050 g/mol. The van der Waals surface area contributed by atoms with Gasteiger partial charge in [0, 0.05) is 109 Å². The molecule has 5 aliphatic carbocycles. The SMILES string of the molecule is COC1(C)CCC(F)(F)CC1O.C[C@H](N[C@H]1CCC(F)(F)C[C@H]1OCc1ccccc1)c1ccccc1.N[C@H]1CCC(F)(F)C[C@H]1O.O=C1CCC(F)(F)CC1.O=C1CCC(F)(F)CC1OCc1ccccc1. The number of rotatable bonds is 10. The summed E-state index contributed by atoms with van der Waals surface area (Å²) >= 11 is 0. The number of ether oxygens (including phenoxy) is 3. The number of ketones is 2. The van der Waals surface area contributed by atoms with Crippen molar-refractivity contribution in [2.24, 2.45) is 5.73 Å². The number of methoxy groups -OCH3 is 1. The maximum absolute atomic E-state index is 13.9. The van der Waals surface area contributed by atoms with Crippen LogP contribution in [-0.2, 0) is 37.0 Å². The quantitative estimate of drug-likeness (QED) is 0.146. The molecule has 410 valence electrons. The number of alkyl halides is 10. The molecule has 8 atom stereocenters. The van der Waals surface area contributed by atoms with Crippen molar-refractivity contribution in [3.63, 3.8) is 0 Å². The predicted molar refractivity (Wildman–Crippen MR) is 256 cm³/mol. The first kappa shape index (κ1) is 61.6. The van der Waals surface area contributed by atoms with E-state index in [-0.39, 0.29) is 107 Å². The van der Waals surface area contributed by atoms with Crippen molar-refractivity contribution in [1.29, 1.82) is 0 Å². The minimum Gasteiger partial charge on any atom is -0.391 e. The van der Waals surface area contributed by atoms with Crippen LogP contribution in [0, 0.1) is 0 Å². The largest absolute Gasteiger partial charge is 0.391 e. The fourth-order valence-electron chi connectivity index (χ4n) is 8.73. The van der Waals surface area contributed by atoms with Gasteiger partial charge in [-0.2, -0.15) is 0 Å². The second-order valence-electron chi connectivity index (χ2n) is 20.0. The van der Waals surface area contributed by atoms with Crippen molar-refractivity contribution < 1.29 is 77.9 Å². The van der Waals surface area contributed by atoms with E-state index in [1.807, 2.05) is 78.9 Å². The van der Waals surface area contributed by atoms with Gasteiger partial charge in [-0.05, 0) is 49.8 Å². The number of aliphatic hydroxyl groups excluding tert-OH is 2. The number of halogens is 10. The summed E-state index contributed by atoms with van der Waals surface area (Å²) in [6, 6.07) is 28.6. The number of hydrogen-bond acceptors (Lipinski definition) is 9. The third kappa shape index (κ3) is 22.0. The zero-order valence-corrected chi connectivity index (χ0v) is 41.7. The average Bonchev–Trinajstić information content (AvgIpc) is 3.34. The van der Waals surface area contributed by atoms with Crippen LogP contribution in [0.2, 0.25) is 0 Å². The summed E-state index contributed by atoms with van der Waals surface area (Å²) in [5, 5.41) is 21.8. The Balaban J connectivity index is 0.000000210. The van der Waals surface area contributed by atoms with Crippen LogP contribution in [0.4, 0.5) is 43.9 Å². The summed E-state index contributed by atoms with van der Waals surface area (Å²) in [6.45, 7) is 4.29. The van der Waals surface area contributed by atoms with E-state index in [0.29, 0.717) is 13.0 Å². The highest BCUT2D eigenvalue weighted by Gasteiger charge is 2.48. The molecule has 0 amide bonds. The van der Waals surface area contributed by atoms with Crippen LogP contribution >= 0.6 is 0 Å². The number of Topliss-reactive ketones (excluding diaryl/α,β-unsaturated/α-hetero) is 2. The van der Waals surface area contributed by atoms with Gasteiger partial charge in [0.15, 0.2) is 5.78 Å². The van der Waals surface area contributed by atoms with Gasteiger partial charge in [0.1, 0.15) is 11.9 Å². The first-order valence-electron chi connectivity index (χ1n) is 24.8. The predicted octanol–water partition coefficient (Wildman–Crippen LogP) is 11.9. The van der Waals surface area contributed by atoms with Gasteiger partial charge in [0.05, 0.1) is 37.1 Å². The van der Waals surface area contributed by atoms with E-state index in [4.69, 9.17) is 25.1 Å². The van der Waals surface area contributed by atoms with Crippen LogP contribution in [-0.4, -0.2) is 101 Å². The summed E-state index contributed by atoms with van der Waals surface area (Å²) in [5.41, 5.74) is 7.57. The molecule has 0 aromatic heterocycles. The van der Waals surface area contributed by atoms with Gasteiger partial charge >= 0.3 is 0 Å². The fraction of sp³-hybridized carbons (Fsp3) is 0.630. The summed E-state index contributed by atoms with van der Waals surface area (Å²) in [5.74, 6) is -13.6. The first-order chi connectivity index (χ1) is 34.1. The molecule has 5 N–H and O–H groups in total. The van der Waals surface area contributed by atoms with Crippen molar-refractivity contribution in [2.75, 3.05) is 7.11 Å². The second kappa shape index (κ2) is 27.7. The number of nitrogens with two attached hydrogens (primary N) is 1. The Bertz CT molecular complexity index is 2080. The number of carbonyl (C=O) groups is 2. The maximum Gasteiger partial charge on any atom is 0.251 e. The summed E-state index contributed by atoms with van der Waals surface area (Å²) in [6.07, 6.45) is -5.65. The Morgan fingerprint density at radius 3 is 1.59 bits per heavy atom. The molecule has 5 aliphatic rings. The molecule has 3 aromatic rings. The van der Waals surface area contributed by atoms with Crippen molar-refractivity contribution in [2.45, 2.75) is 208 Å². The van der Waals surface area contributed by atoms with E-state index in [2.05, 4.69) is 24.4 Å². The third-order valence-corrected chi connectivity index (χ3v) is 13.7. The highest BCUT2D eigenvalue weighted by Crippen LogP contribution is 2.41. The maximum atomic E-state index is 13.9. The van der Waals surface area contributed by atoms with Crippen LogP contribution in [0.25, 0.3) is 0 Å². The van der Waals surface area contributed by atoms with E-state index in [1.165, 1.54) is 7.11 Å². The molecule has 73 heavy (non-hydrogen) atoms. The highest BCUT2D eigenvalue weighted by molar-refractivity contribution is 5.84. The zero-order valence-electron chi connectivity index (χ0n) is 41.7. The minimum atomic E-state index is -2.77. The number of hydrogen-bond donors (Lipinski definition) is 4. The highest BCUT2D eigenvalue weighted by atomic mass is 19.3. The van der Waals surface area contributed by atoms with Crippen molar-refractivity contribution in [3.8, 4) is 0 Å². The minimum absolute atomic E-state index is 0.0269. The number of nitrogens with one attached hydrogen (secondary N) is 1. The van der Waals surface area contributed by atoms with Gasteiger partial charge in [-0.3, -0.25) is 9.59 Å². The fourth-order valence-corrected chi connectivity index (χ4v) is 8.73. The van der Waals surface area contributed by atoms with E-state index >= 15 is 0 Å². The molecule has 0 heterocycles. The van der Waals surface area contributed by atoms with E-state index in [9.17, 15) is 58.6 Å². The Hall–Kier alpha value is -3.98.